The first kappa shape index (κ1) is 23.0. The molecular formula is C24H28N4O4. The van der Waals surface area contributed by atoms with Crippen molar-refractivity contribution in [3.05, 3.63) is 91.6 Å². The molecule has 0 spiro atoms. The number of nitrogens with one attached hydrogen (secondary N) is 1. The lowest BCUT2D eigenvalue weighted by molar-refractivity contribution is 0.0982. The maximum absolute atomic E-state index is 13.5. The van der Waals surface area contributed by atoms with Crippen molar-refractivity contribution in [2.45, 2.75) is 26.8 Å². The van der Waals surface area contributed by atoms with Gasteiger partial charge in [-0.2, -0.15) is 0 Å². The molecule has 3 aromatic rings. The highest BCUT2D eigenvalue weighted by Crippen LogP contribution is 2.22. The van der Waals surface area contributed by atoms with E-state index in [1.165, 1.54) is 9.47 Å². The summed E-state index contributed by atoms with van der Waals surface area (Å²) in [6.45, 7) is 4.56. The van der Waals surface area contributed by atoms with Crippen LogP contribution in [0.2, 0.25) is 0 Å². The van der Waals surface area contributed by atoms with E-state index in [1.807, 2.05) is 56.3 Å². The molecule has 168 valence electrons. The molecule has 1 aromatic heterocycles. The Balaban J connectivity index is 2.11. The molecule has 0 aliphatic heterocycles. The molecule has 0 fully saturated rings. The van der Waals surface area contributed by atoms with Gasteiger partial charge in [-0.05, 0) is 37.5 Å². The van der Waals surface area contributed by atoms with Gasteiger partial charge in [0.25, 0.3) is 11.5 Å². The van der Waals surface area contributed by atoms with Crippen LogP contribution in [0.25, 0.3) is 0 Å². The van der Waals surface area contributed by atoms with Gasteiger partial charge >= 0.3 is 5.69 Å². The molecular weight excluding hydrogens is 408 g/mol. The minimum Gasteiger partial charge on any atom is -0.385 e. The zero-order valence-corrected chi connectivity index (χ0v) is 18.6. The summed E-state index contributed by atoms with van der Waals surface area (Å²) in [7, 11) is 1.57. The van der Waals surface area contributed by atoms with Gasteiger partial charge in [0.05, 0.1) is 6.54 Å². The molecule has 0 atom stereocenters. The molecule has 3 N–H and O–H groups in total. The lowest BCUT2D eigenvalue weighted by Crippen LogP contribution is -2.42. The van der Waals surface area contributed by atoms with Crippen molar-refractivity contribution in [1.82, 2.24) is 9.55 Å². The second-order valence-corrected chi connectivity index (χ2v) is 7.69. The van der Waals surface area contributed by atoms with E-state index >= 15 is 0 Å². The largest absolute Gasteiger partial charge is 0.385 e. The molecule has 3 rings (SSSR count). The molecule has 0 bridgehead atoms. The Bertz CT molecular complexity index is 1210. The Morgan fingerprint density at radius 1 is 1.12 bits per heavy atom. The summed E-state index contributed by atoms with van der Waals surface area (Å²) < 4.78 is 6.39. The van der Waals surface area contributed by atoms with E-state index in [1.54, 1.807) is 13.2 Å². The zero-order chi connectivity index (χ0) is 23.3. The number of hydrogen-bond donors (Lipinski definition) is 2. The molecule has 0 unspecified atom stereocenters. The van der Waals surface area contributed by atoms with E-state index in [9.17, 15) is 14.4 Å². The molecule has 0 saturated heterocycles. The minimum atomic E-state index is -0.702. The van der Waals surface area contributed by atoms with Crippen molar-refractivity contribution in [2.75, 3.05) is 30.9 Å². The van der Waals surface area contributed by atoms with Gasteiger partial charge in [-0.1, -0.05) is 48.0 Å². The summed E-state index contributed by atoms with van der Waals surface area (Å²) in [5.41, 5.74) is 8.09. The number of carbonyl (C=O) groups is 1. The maximum Gasteiger partial charge on any atom is 0.330 e. The standard InChI is InChI=1S/C24H28N4O4/c1-16-10-11-19(17(2)14-16)23(30)27(12-7-13-32-3)20-21(25)28(24(31)26-22(20)29)15-18-8-5-4-6-9-18/h4-6,8-11,14H,7,12-13,15,25H2,1-3H3,(H,26,29,31). The number of nitrogens with two attached hydrogens (primary N) is 1. The van der Waals surface area contributed by atoms with Crippen molar-refractivity contribution in [3.8, 4) is 0 Å². The number of rotatable bonds is 8. The Morgan fingerprint density at radius 3 is 2.50 bits per heavy atom. The second-order valence-electron chi connectivity index (χ2n) is 7.69. The first-order valence-corrected chi connectivity index (χ1v) is 10.4. The number of aryl methyl sites for hydroxylation is 2. The lowest BCUT2D eigenvalue weighted by Gasteiger charge is -2.25. The molecule has 8 heteroatoms. The van der Waals surface area contributed by atoms with Gasteiger partial charge in [0, 0.05) is 25.8 Å². The van der Waals surface area contributed by atoms with Gasteiger partial charge in [0.15, 0.2) is 5.69 Å². The van der Waals surface area contributed by atoms with Gasteiger partial charge in [0.2, 0.25) is 0 Å². The monoisotopic (exact) mass is 436 g/mol. The van der Waals surface area contributed by atoms with Gasteiger partial charge in [-0.15, -0.1) is 0 Å². The molecule has 0 radical (unpaired) electrons. The highest BCUT2D eigenvalue weighted by molar-refractivity contribution is 6.08. The average Bonchev–Trinajstić information content (AvgIpc) is 2.76. The van der Waals surface area contributed by atoms with Crippen molar-refractivity contribution in [3.63, 3.8) is 0 Å². The van der Waals surface area contributed by atoms with Crippen LogP contribution >= 0.6 is 0 Å². The van der Waals surface area contributed by atoms with Crippen LogP contribution in [0.3, 0.4) is 0 Å². The number of carbonyl (C=O) groups excluding carboxylic acids is 1. The van der Waals surface area contributed by atoms with Crippen LogP contribution in [0, 0.1) is 13.8 Å². The fourth-order valence-electron chi connectivity index (χ4n) is 3.64. The van der Waals surface area contributed by atoms with Crippen LogP contribution in [0.4, 0.5) is 11.5 Å². The summed E-state index contributed by atoms with van der Waals surface area (Å²) in [6.07, 6.45) is 0.490. The third-order valence-corrected chi connectivity index (χ3v) is 5.26. The number of amides is 1. The van der Waals surface area contributed by atoms with Crippen molar-refractivity contribution < 1.29 is 9.53 Å². The number of benzene rings is 2. The van der Waals surface area contributed by atoms with Crippen LogP contribution in [0.5, 0.6) is 0 Å². The van der Waals surface area contributed by atoms with Gasteiger partial charge in [-0.3, -0.25) is 19.1 Å². The van der Waals surface area contributed by atoms with Crippen molar-refractivity contribution in [2.24, 2.45) is 0 Å². The number of anilines is 2. The van der Waals surface area contributed by atoms with E-state index in [4.69, 9.17) is 10.5 Å². The Kier molecular flexibility index (Phi) is 7.27. The highest BCUT2D eigenvalue weighted by Gasteiger charge is 2.26. The van der Waals surface area contributed by atoms with Gasteiger partial charge in [0.1, 0.15) is 5.82 Å². The number of hydrogen-bond acceptors (Lipinski definition) is 5. The fourth-order valence-corrected chi connectivity index (χ4v) is 3.64. The normalized spacial score (nSPS) is 10.8. The van der Waals surface area contributed by atoms with Crippen LogP contribution < -0.4 is 21.9 Å². The lowest BCUT2D eigenvalue weighted by atomic mass is 10.0. The summed E-state index contributed by atoms with van der Waals surface area (Å²) in [4.78, 5) is 42.6. The van der Waals surface area contributed by atoms with Crippen LogP contribution in [-0.2, 0) is 11.3 Å². The van der Waals surface area contributed by atoms with Gasteiger partial charge in [-0.25, -0.2) is 4.79 Å². The number of nitrogen functional groups attached to an aromatic ring is 1. The maximum atomic E-state index is 13.5. The topological polar surface area (TPSA) is 110 Å². The van der Waals surface area contributed by atoms with Crippen molar-refractivity contribution in [1.29, 1.82) is 0 Å². The zero-order valence-electron chi connectivity index (χ0n) is 18.6. The predicted molar refractivity (Wildman–Crippen MR) is 125 cm³/mol. The predicted octanol–water partition coefficient (Wildman–Crippen LogP) is 2.47. The summed E-state index contributed by atoms with van der Waals surface area (Å²) in [5.74, 6) is -0.418. The van der Waals surface area contributed by atoms with Crippen LogP contribution in [0.15, 0.2) is 58.1 Å². The Morgan fingerprint density at radius 2 is 1.84 bits per heavy atom. The number of aromatic amines is 1. The number of nitrogens with zero attached hydrogens (tertiary/aromatic N) is 2. The SMILES string of the molecule is COCCCN(C(=O)c1ccc(C)cc1C)c1c(N)n(Cc2ccccc2)c(=O)[nH]c1=O. The highest BCUT2D eigenvalue weighted by atomic mass is 16.5. The summed E-state index contributed by atoms with van der Waals surface area (Å²) in [6, 6.07) is 14.8. The van der Waals surface area contributed by atoms with Gasteiger partial charge < -0.3 is 15.4 Å². The second kappa shape index (κ2) is 10.1. The van der Waals surface area contributed by atoms with E-state index < -0.39 is 11.2 Å². The Hall–Kier alpha value is -3.65. The third-order valence-electron chi connectivity index (χ3n) is 5.26. The molecule has 8 nitrogen and oxygen atoms in total. The number of methoxy groups -OCH3 is 1. The van der Waals surface area contributed by atoms with Crippen LogP contribution in [0.1, 0.15) is 33.5 Å². The minimum absolute atomic E-state index is 0.0402. The molecule has 32 heavy (non-hydrogen) atoms. The van der Waals surface area contributed by atoms with E-state index in [0.29, 0.717) is 18.6 Å². The molecule has 2 aromatic carbocycles. The van der Waals surface area contributed by atoms with E-state index in [2.05, 4.69) is 4.98 Å². The first-order chi connectivity index (χ1) is 15.3. The average molecular weight is 437 g/mol. The van der Waals surface area contributed by atoms with Crippen molar-refractivity contribution >= 4 is 17.4 Å². The third kappa shape index (κ3) is 4.97. The molecule has 1 heterocycles. The van der Waals surface area contributed by atoms with E-state index in [-0.39, 0.29) is 30.5 Å². The molecule has 1 amide bonds. The number of aromatic nitrogens is 2. The summed E-state index contributed by atoms with van der Waals surface area (Å²) >= 11 is 0. The summed E-state index contributed by atoms with van der Waals surface area (Å²) in [5, 5.41) is 0. The quantitative estimate of drug-likeness (QED) is 0.527. The first-order valence-electron chi connectivity index (χ1n) is 10.4. The number of ether oxygens (including phenoxy) is 1. The molecule has 0 saturated carbocycles. The smallest absolute Gasteiger partial charge is 0.330 e. The van der Waals surface area contributed by atoms with E-state index in [0.717, 1.165) is 16.7 Å². The molecule has 0 aliphatic carbocycles. The molecule has 0 aliphatic rings. The number of H-pyrrole nitrogens is 1. The fraction of sp³-hybridized carbons (Fsp3) is 0.292. The van der Waals surface area contributed by atoms with Crippen LogP contribution in [-0.4, -0.2) is 35.7 Å². The Labute approximate surface area is 186 Å².